The van der Waals surface area contributed by atoms with Gasteiger partial charge in [0.05, 0.1) is 50.1 Å². The molecule has 0 saturated carbocycles. The highest BCUT2D eigenvalue weighted by molar-refractivity contribution is 7.26. The van der Waals surface area contributed by atoms with Gasteiger partial charge >= 0.3 is 0 Å². The number of nitrogens with zero attached hydrogens (tertiary/aromatic N) is 4. The van der Waals surface area contributed by atoms with E-state index in [1.54, 1.807) is 0 Å². The Hall–Kier alpha value is -6.29. The Labute approximate surface area is 311 Å². The van der Waals surface area contributed by atoms with Crippen molar-refractivity contribution in [3.05, 3.63) is 145 Å². The number of hydrogen-bond donors (Lipinski definition) is 0. The molecule has 0 amide bonds. The van der Waals surface area contributed by atoms with E-state index in [1.807, 2.05) is 11.3 Å². The van der Waals surface area contributed by atoms with Crippen LogP contribution in [0.3, 0.4) is 0 Å². The van der Waals surface area contributed by atoms with Gasteiger partial charge in [0.2, 0.25) is 0 Å². The Balaban J connectivity index is 1.25. The molecule has 6 heteroatoms. The first-order chi connectivity index (χ1) is 25.9. The number of hydrogen-bond acceptors (Lipinski definition) is 4. The van der Waals surface area contributed by atoms with Crippen LogP contribution in [0.15, 0.2) is 133 Å². The highest BCUT2D eigenvalue weighted by Gasteiger charge is 2.46. The number of thiophene rings is 1. The molecule has 9 aromatic rings. The third-order valence-corrected chi connectivity index (χ3v) is 13.1. The maximum atomic E-state index is 10.7. The third-order valence-electron chi connectivity index (χ3n) is 11.8. The maximum Gasteiger partial charge on any atom is 0.252 e. The SMILES string of the molecule is CC(C)(C)c1ccc2c(c1)B1c3cccc4c3N(c3cc(C#N)cc(c31)N2c1cccc2c1sc1ccccc12)c1cccc2c3ccccc3n-4c12. The Morgan fingerprint density at radius 1 is 0.585 bits per heavy atom. The number of rotatable bonds is 1. The topological polar surface area (TPSA) is 35.2 Å². The number of fused-ring (bicyclic) bond motifs is 12. The van der Waals surface area contributed by atoms with Crippen molar-refractivity contribution >= 4 is 111 Å². The van der Waals surface area contributed by atoms with Crippen molar-refractivity contribution in [2.24, 2.45) is 0 Å². The van der Waals surface area contributed by atoms with Crippen LogP contribution in [0, 0.1) is 11.3 Å². The molecular formula is C47H31BN4S. The van der Waals surface area contributed by atoms with E-state index in [4.69, 9.17) is 0 Å². The van der Waals surface area contributed by atoms with Gasteiger partial charge < -0.3 is 14.4 Å². The molecule has 5 heterocycles. The Kier molecular flexibility index (Phi) is 5.52. The summed E-state index contributed by atoms with van der Waals surface area (Å²) in [5.41, 5.74) is 16.1. The van der Waals surface area contributed by atoms with Gasteiger partial charge in [-0.25, -0.2) is 0 Å². The summed E-state index contributed by atoms with van der Waals surface area (Å²) in [6, 6.07) is 51.7. The number of benzene rings is 7. The van der Waals surface area contributed by atoms with E-state index in [2.05, 4.69) is 175 Å². The summed E-state index contributed by atoms with van der Waals surface area (Å²) in [6.45, 7) is 6.88. The van der Waals surface area contributed by atoms with Gasteiger partial charge in [-0.1, -0.05) is 106 Å². The molecule has 3 aliphatic heterocycles. The lowest BCUT2D eigenvalue weighted by molar-refractivity contribution is 0.591. The van der Waals surface area contributed by atoms with E-state index in [9.17, 15) is 5.26 Å². The van der Waals surface area contributed by atoms with Crippen LogP contribution in [0.5, 0.6) is 0 Å². The monoisotopic (exact) mass is 694 g/mol. The standard InChI is InChI=1S/C47H31BN4S/c1-47(2,3)28-21-22-36-34(25-28)48-33-15-10-18-38-45(33)52(37-17-8-13-31-29-11-4-6-16-35(29)51(38)44(31)37)41-24-27(26-49)23-40(43(41)48)50(36)39-19-9-14-32-30-12-5-7-20-42(30)53-46(32)39/h4-25H,1-3H3. The van der Waals surface area contributed by atoms with Crippen LogP contribution < -0.4 is 26.2 Å². The van der Waals surface area contributed by atoms with E-state index in [-0.39, 0.29) is 12.1 Å². The summed E-state index contributed by atoms with van der Waals surface area (Å²) >= 11 is 1.85. The molecule has 2 aromatic heterocycles. The second kappa shape index (κ2) is 9.98. The lowest BCUT2D eigenvalue weighted by Crippen LogP contribution is -2.62. The molecule has 248 valence electrons. The number of para-hydroxylation sites is 3. The Morgan fingerprint density at radius 3 is 2.11 bits per heavy atom. The molecule has 0 radical (unpaired) electrons. The van der Waals surface area contributed by atoms with E-state index in [0.717, 1.165) is 28.4 Å². The van der Waals surface area contributed by atoms with E-state index >= 15 is 0 Å². The van der Waals surface area contributed by atoms with Crippen molar-refractivity contribution in [3.63, 3.8) is 0 Å². The van der Waals surface area contributed by atoms with Crippen molar-refractivity contribution in [1.82, 2.24) is 4.57 Å². The van der Waals surface area contributed by atoms with Crippen molar-refractivity contribution in [1.29, 1.82) is 5.26 Å². The van der Waals surface area contributed by atoms with Gasteiger partial charge in [-0.2, -0.15) is 5.26 Å². The number of aromatic nitrogens is 1. The van der Waals surface area contributed by atoms with Crippen LogP contribution >= 0.6 is 11.3 Å². The largest absolute Gasteiger partial charge is 0.310 e. The lowest BCUT2D eigenvalue weighted by Gasteiger charge is -2.46. The van der Waals surface area contributed by atoms with E-state index in [1.165, 1.54) is 75.3 Å². The minimum atomic E-state index is -0.0372. The third kappa shape index (κ3) is 3.65. The maximum absolute atomic E-state index is 10.7. The van der Waals surface area contributed by atoms with Gasteiger partial charge in [-0.15, -0.1) is 11.3 Å². The van der Waals surface area contributed by atoms with Crippen LogP contribution in [-0.2, 0) is 5.41 Å². The summed E-state index contributed by atoms with van der Waals surface area (Å²) in [5.74, 6) is 0. The molecule has 0 saturated heterocycles. The van der Waals surface area contributed by atoms with Gasteiger partial charge in [0.1, 0.15) is 0 Å². The zero-order chi connectivity index (χ0) is 35.3. The molecule has 0 N–H and O–H groups in total. The van der Waals surface area contributed by atoms with Crippen molar-refractivity contribution < 1.29 is 0 Å². The molecule has 0 fully saturated rings. The molecule has 7 aromatic carbocycles. The quantitative estimate of drug-likeness (QED) is 0.161. The molecule has 12 rings (SSSR count). The van der Waals surface area contributed by atoms with Crippen LogP contribution in [0.4, 0.5) is 34.1 Å². The second-order valence-electron chi connectivity index (χ2n) is 15.7. The van der Waals surface area contributed by atoms with Crippen molar-refractivity contribution in [2.75, 3.05) is 9.80 Å². The predicted molar refractivity (Wildman–Crippen MR) is 225 cm³/mol. The minimum Gasteiger partial charge on any atom is -0.310 e. The van der Waals surface area contributed by atoms with Crippen LogP contribution in [-0.4, -0.2) is 11.3 Å². The fraction of sp³-hybridized carbons (Fsp3) is 0.0851. The van der Waals surface area contributed by atoms with E-state index < -0.39 is 0 Å². The Morgan fingerprint density at radius 2 is 1.28 bits per heavy atom. The van der Waals surface area contributed by atoms with E-state index in [0.29, 0.717) is 5.56 Å². The summed E-state index contributed by atoms with van der Waals surface area (Å²) < 4.78 is 5.00. The summed E-state index contributed by atoms with van der Waals surface area (Å²) in [5, 5.41) is 15.7. The molecule has 0 atom stereocenters. The molecule has 53 heavy (non-hydrogen) atoms. The molecule has 0 unspecified atom stereocenters. The van der Waals surface area contributed by atoms with Gasteiger partial charge in [-0.3, -0.25) is 0 Å². The summed E-state index contributed by atoms with van der Waals surface area (Å²) in [7, 11) is 0. The average Bonchev–Trinajstić information content (AvgIpc) is 3.73. The molecule has 4 nitrogen and oxygen atoms in total. The van der Waals surface area contributed by atoms with Crippen LogP contribution in [0.1, 0.15) is 31.9 Å². The zero-order valence-electron chi connectivity index (χ0n) is 29.5. The molecule has 0 bridgehead atoms. The lowest BCUT2D eigenvalue weighted by atomic mass is 9.33. The highest BCUT2D eigenvalue weighted by Crippen LogP contribution is 2.53. The predicted octanol–water partition coefficient (Wildman–Crippen LogP) is 10.7. The van der Waals surface area contributed by atoms with Crippen LogP contribution in [0.2, 0.25) is 0 Å². The molecular weight excluding hydrogens is 663 g/mol. The number of nitriles is 1. The van der Waals surface area contributed by atoms with Gasteiger partial charge in [-0.05, 0) is 75.9 Å². The smallest absolute Gasteiger partial charge is 0.252 e. The first-order valence-electron chi connectivity index (χ1n) is 18.3. The van der Waals surface area contributed by atoms with Crippen LogP contribution in [0.25, 0.3) is 47.7 Å². The molecule has 3 aliphatic rings. The fourth-order valence-corrected chi connectivity index (χ4v) is 10.8. The van der Waals surface area contributed by atoms with Gasteiger partial charge in [0, 0.05) is 43.3 Å². The summed E-state index contributed by atoms with van der Waals surface area (Å²) in [4.78, 5) is 4.94. The van der Waals surface area contributed by atoms with Crippen molar-refractivity contribution in [2.45, 2.75) is 26.2 Å². The number of anilines is 6. The van der Waals surface area contributed by atoms with Crippen molar-refractivity contribution in [3.8, 4) is 11.8 Å². The average molecular weight is 695 g/mol. The van der Waals surface area contributed by atoms with Gasteiger partial charge in [0.15, 0.2) is 0 Å². The molecule has 0 spiro atoms. The molecule has 0 aliphatic carbocycles. The van der Waals surface area contributed by atoms with Gasteiger partial charge in [0.25, 0.3) is 6.71 Å². The second-order valence-corrected chi connectivity index (χ2v) is 16.7. The summed E-state index contributed by atoms with van der Waals surface area (Å²) in [6.07, 6.45) is 0. The normalized spacial score (nSPS) is 13.8. The zero-order valence-corrected chi connectivity index (χ0v) is 30.3. The Bertz CT molecular complexity index is 3140. The fourth-order valence-electron chi connectivity index (χ4n) is 9.59. The highest BCUT2D eigenvalue weighted by atomic mass is 32.1. The first-order valence-corrected chi connectivity index (χ1v) is 19.1. The first kappa shape index (κ1) is 29.3. The minimum absolute atomic E-state index is 0.0308.